The van der Waals surface area contributed by atoms with Crippen LogP contribution in [0.15, 0.2) is 30.5 Å². The van der Waals surface area contributed by atoms with Gasteiger partial charge in [0.15, 0.2) is 0 Å². The number of benzene rings is 1. The summed E-state index contributed by atoms with van der Waals surface area (Å²) in [5, 5.41) is 9.46. The summed E-state index contributed by atoms with van der Waals surface area (Å²) >= 11 is 5.26. The number of hydrogen-bond acceptors (Lipinski definition) is 5. The van der Waals surface area contributed by atoms with Gasteiger partial charge in [0.2, 0.25) is 0 Å². The van der Waals surface area contributed by atoms with E-state index in [0.29, 0.717) is 16.7 Å². The van der Waals surface area contributed by atoms with E-state index in [1.54, 1.807) is 11.1 Å². The van der Waals surface area contributed by atoms with E-state index in [9.17, 15) is 10.1 Å². The molecule has 3 heterocycles. The third-order valence-electron chi connectivity index (χ3n) is 5.33. The Hall–Kier alpha value is -2.85. The number of aromatic amines is 1. The molecule has 2 aliphatic heterocycles. The SMILES string of the molecule is CN1Cc2cc(N3CCCN(c4cc[nH]c(=S)c4C#N)CC3)ccc2C1=O. The van der Waals surface area contributed by atoms with Gasteiger partial charge in [-0.15, -0.1) is 0 Å². The number of pyridine rings is 1. The first kappa shape index (κ1) is 17.6. The molecule has 6 nitrogen and oxygen atoms in total. The van der Waals surface area contributed by atoms with Crippen LogP contribution in [0, 0.1) is 16.0 Å². The molecule has 2 aliphatic rings. The normalized spacial score (nSPS) is 16.9. The molecule has 0 atom stereocenters. The Morgan fingerprint density at radius 1 is 1.15 bits per heavy atom. The van der Waals surface area contributed by atoms with Crippen LogP contribution < -0.4 is 9.80 Å². The molecule has 0 unspecified atom stereocenters. The van der Waals surface area contributed by atoms with Crippen LogP contribution in [0.3, 0.4) is 0 Å². The van der Waals surface area contributed by atoms with E-state index >= 15 is 0 Å². The van der Waals surface area contributed by atoms with E-state index < -0.39 is 0 Å². The summed E-state index contributed by atoms with van der Waals surface area (Å²) in [7, 11) is 1.84. The first-order chi connectivity index (χ1) is 13.1. The first-order valence-electron chi connectivity index (χ1n) is 9.08. The second kappa shape index (κ2) is 7.05. The van der Waals surface area contributed by atoms with Gasteiger partial charge in [-0.3, -0.25) is 4.79 Å². The molecule has 1 amide bonds. The van der Waals surface area contributed by atoms with E-state index in [0.717, 1.165) is 55.1 Å². The van der Waals surface area contributed by atoms with Crippen LogP contribution in [-0.4, -0.2) is 49.0 Å². The van der Waals surface area contributed by atoms with Gasteiger partial charge >= 0.3 is 0 Å². The highest BCUT2D eigenvalue weighted by atomic mass is 32.1. The van der Waals surface area contributed by atoms with Crippen LogP contribution in [-0.2, 0) is 6.54 Å². The smallest absolute Gasteiger partial charge is 0.254 e. The molecule has 2 aromatic rings. The number of amides is 1. The third-order valence-corrected chi connectivity index (χ3v) is 5.65. The van der Waals surface area contributed by atoms with Crippen molar-refractivity contribution >= 4 is 29.5 Å². The molecule has 0 spiro atoms. The minimum atomic E-state index is 0.100. The quantitative estimate of drug-likeness (QED) is 0.813. The Kier molecular flexibility index (Phi) is 4.58. The highest BCUT2D eigenvalue weighted by Gasteiger charge is 2.25. The van der Waals surface area contributed by atoms with Crippen molar-refractivity contribution in [3.63, 3.8) is 0 Å². The minimum absolute atomic E-state index is 0.100. The van der Waals surface area contributed by atoms with Gasteiger partial charge in [0.1, 0.15) is 16.3 Å². The summed E-state index contributed by atoms with van der Waals surface area (Å²) in [6, 6.07) is 10.3. The van der Waals surface area contributed by atoms with Crippen LogP contribution in [0.25, 0.3) is 0 Å². The predicted molar refractivity (Wildman–Crippen MR) is 108 cm³/mol. The lowest BCUT2D eigenvalue weighted by molar-refractivity contribution is 0.0816. The maximum Gasteiger partial charge on any atom is 0.254 e. The van der Waals surface area contributed by atoms with Crippen molar-refractivity contribution in [1.29, 1.82) is 5.26 Å². The number of fused-ring (bicyclic) bond motifs is 1. The number of aromatic nitrogens is 1. The molecule has 0 bridgehead atoms. The topological polar surface area (TPSA) is 66.4 Å². The average molecular weight is 379 g/mol. The van der Waals surface area contributed by atoms with E-state index in [-0.39, 0.29) is 5.91 Å². The Morgan fingerprint density at radius 3 is 2.74 bits per heavy atom. The van der Waals surface area contributed by atoms with E-state index in [4.69, 9.17) is 12.2 Å². The van der Waals surface area contributed by atoms with Gasteiger partial charge in [-0.25, -0.2) is 0 Å². The fraction of sp³-hybridized carbons (Fsp3) is 0.350. The molecule has 7 heteroatoms. The van der Waals surface area contributed by atoms with Crippen molar-refractivity contribution in [3.05, 3.63) is 51.8 Å². The van der Waals surface area contributed by atoms with Gasteiger partial charge in [0, 0.05) is 57.2 Å². The van der Waals surface area contributed by atoms with Gasteiger partial charge in [0.25, 0.3) is 5.91 Å². The molecular formula is C20H21N5OS. The van der Waals surface area contributed by atoms with Crippen LogP contribution in [0.5, 0.6) is 0 Å². The zero-order chi connectivity index (χ0) is 19.0. The highest BCUT2D eigenvalue weighted by Crippen LogP contribution is 2.28. The first-order valence-corrected chi connectivity index (χ1v) is 9.49. The fourth-order valence-electron chi connectivity index (χ4n) is 3.91. The van der Waals surface area contributed by atoms with Gasteiger partial charge in [-0.05, 0) is 36.2 Å². The monoisotopic (exact) mass is 379 g/mol. The maximum atomic E-state index is 12.1. The van der Waals surface area contributed by atoms with Crippen LogP contribution in [0.1, 0.15) is 27.9 Å². The summed E-state index contributed by atoms with van der Waals surface area (Å²) < 4.78 is 0.489. The zero-order valence-corrected chi connectivity index (χ0v) is 16.1. The molecule has 1 fully saturated rings. The van der Waals surface area contributed by atoms with Crippen molar-refractivity contribution in [1.82, 2.24) is 9.88 Å². The van der Waals surface area contributed by atoms with Crippen molar-refractivity contribution in [3.8, 4) is 6.07 Å². The number of rotatable bonds is 2. The molecule has 27 heavy (non-hydrogen) atoms. The average Bonchev–Trinajstić information content (AvgIpc) is 2.85. The van der Waals surface area contributed by atoms with Crippen LogP contribution in [0.4, 0.5) is 11.4 Å². The van der Waals surface area contributed by atoms with E-state index in [1.165, 1.54) is 0 Å². The molecule has 138 valence electrons. The molecule has 0 radical (unpaired) electrons. The lowest BCUT2D eigenvalue weighted by Gasteiger charge is -2.25. The summed E-state index contributed by atoms with van der Waals surface area (Å²) in [5.41, 5.74) is 4.52. The molecule has 0 aliphatic carbocycles. The molecule has 1 N–H and O–H groups in total. The summed E-state index contributed by atoms with van der Waals surface area (Å²) in [6.07, 6.45) is 2.79. The predicted octanol–water partition coefficient (Wildman–Crippen LogP) is 2.92. The van der Waals surface area contributed by atoms with Crippen molar-refractivity contribution in [2.24, 2.45) is 0 Å². The number of carbonyl (C=O) groups is 1. The van der Waals surface area contributed by atoms with Crippen molar-refractivity contribution < 1.29 is 4.79 Å². The molecular weight excluding hydrogens is 358 g/mol. The van der Waals surface area contributed by atoms with Gasteiger partial charge < -0.3 is 19.7 Å². The molecule has 0 saturated carbocycles. The number of H-pyrrole nitrogens is 1. The van der Waals surface area contributed by atoms with Gasteiger partial charge in [-0.2, -0.15) is 5.26 Å². The highest BCUT2D eigenvalue weighted by molar-refractivity contribution is 7.71. The largest absolute Gasteiger partial charge is 0.370 e. The molecule has 1 saturated heterocycles. The Bertz CT molecular complexity index is 993. The second-order valence-corrected chi connectivity index (χ2v) is 7.42. The summed E-state index contributed by atoms with van der Waals surface area (Å²) in [5.74, 6) is 0.100. The number of nitrogens with one attached hydrogen (secondary N) is 1. The van der Waals surface area contributed by atoms with E-state index in [1.807, 2.05) is 25.2 Å². The van der Waals surface area contributed by atoms with E-state index in [2.05, 4.69) is 26.9 Å². The zero-order valence-electron chi connectivity index (χ0n) is 15.2. The number of nitriles is 1. The number of anilines is 2. The Labute approximate surface area is 163 Å². The van der Waals surface area contributed by atoms with Crippen molar-refractivity contribution in [2.45, 2.75) is 13.0 Å². The van der Waals surface area contributed by atoms with Gasteiger partial charge in [-0.1, -0.05) is 12.2 Å². The Morgan fingerprint density at radius 2 is 1.93 bits per heavy atom. The minimum Gasteiger partial charge on any atom is -0.370 e. The third kappa shape index (κ3) is 3.17. The molecule has 1 aromatic carbocycles. The fourth-order valence-corrected chi connectivity index (χ4v) is 4.12. The summed E-state index contributed by atoms with van der Waals surface area (Å²) in [4.78, 5) is 21.4. The number of nitrogens with zero attached hydrogens (tertiary/aromatic N) is 4. The maximum absolute atomic E-state index is 12.1. The standard InChI is InChI=1S/C20H21N5OS/c1-23-13-14-11-15(3-4-16(14)20(23)26)24-7-2-8-25(10-9-24)18-5-6-22-19(27)17(18)12-21/h3-6,11H,2,7-10,13H2,1H3,(H,22,27). The van der Waals surface area contributed by atoms with Crippen molar-refractivity contribution in [2.75, 3.05) is 43.0 Å². The van der Waals surface area contributed by atoms with Crippen LogP contribution in [0.2, 0.25) is 0 Å². The molecule has 1 aromatic heterocycles. The lowest BCUT2D eigenvalue weighted by atomic mass is 10.1. The lowest BCUT2D eigenvalue weighted by Crippen LogP contribution is -2.31. The van der Waals surface area contributed by atoms with Gasteiger partial charge in [0.05, 0.1) is 5.69 Å². The summed E-state index contributed by atoms with van der Waals surface area (Å²) in [6.45, 7) is 4.19. The van der Waals surface area contributed by atoms with Crippen LogP contribution >= 0.6 is 12.2 Å². The number of carbonyl (C=O) groups excluding carboxylic acids is 1. The Balaban J connectivity index is 1.54. The molecule has 4 rings (SSSR count). The second-order valence-electron chi connectivity index (χ2n) is 7.01. The number of hydrogen-bond donors (Lipinski definition) is 1.